The number of nitrogens with one attached hydrogen (secondary N) is 2. The monoisotopic (exact) mass is 342 g/mol. The minimum Gasteiger partial charge on any atom is -0.321 e. The molecule has 0 saturated heterocycles. The molecule has 3 aromatic carbocycles. The van der Waals surface area contributed by atoms with Crippen molar-refractivity contribution in [1.82, 2.24) is 5.32 Å². The standard InChI is InChI=1S/C22H18N2O2/c25-21(18-12-6-2-7-13-18)24-20(16-17-10-4-1-5-11-17)22(26)23-19-14-8-3-9-15-19/h1-16H,(H,23,26)(H,24,25)/b20-16+. The number of rotatable bonds is 5. The lowest BCUT2D eigenvalue weighted by molar-refractivity contribution is -0.113. The third-order valence-corrected chi connectivity index (χ3v) is 3.67. The van der Waals surface area contributed by atoms with Crippen LogP contribution in [0.25, 0.3) is 6.08 Å². The van der Waals surface area contributed by atoms with Crippen LogP contribution in [0.3, 0.4) is 0 Å². The van der Waals surface area contributed by atoms with E-state index in [2.05, 4.69) is 10.6 Å². The molecule has 0 heterocycles. The third kappa shape index (κ3) is 4.68. The van der Waals surface area contributed by atoms with E-state index in [0.717, 1.165) is 5.56 Å². The van der Waals surface area contributed by atoms with Gasteiger partial charge < -0.3 is 10.6 Å². The highest BCUT2D eigenvalue weighted by Gasteiger charge is 2.14. The molecule has 0 saturated carbocycles. The smallest absolute Gasteiger partial charge is 0.272 e. The Morgan fingerprint density at radius 3 is 1.85 bits per heavy atom. The summed E-state index contributed by atoms with van der Waals surface area (Å²) in [6.45, 7) is 0. The highest BCUT2D eigenvalue weighted by Crippen LogP contribution is 2.11. The Balaban J connectivity index is 1.85. The number of benzene rings is 3. The molecule has 0 atom stereocenters. The normalized spacial score (nSPS) is 10.8. The fourth-order valence-electron chi connectivity index (χ4n) is 2.38. The zero-order valence-electron chi connectivity index (χ0n) is 14.1. The number of carbonyl (C=O) groups excluding carboxylic acids is 2. The van der Waals surface area contributed by atoms with Crippen LogP contribution >= 0.6 is 0 Å². The lowest BCUT2D eigenvalue weighted by atomic mass is 10.1. The lowest BCUT2D eigenvalue weighted by Crippen LogP contribution is -2.30. The Morgan fingerprint density at radius 1 is 0.692 bits per heavy atom. The van der Waals surface area contributed by atoms with Crippen LogP contribution in [0.4, 0.5) is 5.69 Å². The zero-order valence-corrected chi connectivity index (χ0v) is 14.1. The van der Waals surface area contributed by atoms with Gasteiger partial charge in [-0.1, -0.05) is 66.7 Å². The molecule has 128 valence electrons. The Hall–Kier alpha value is -3.66. The summed E-state index contributed by atoms with van der Waals surface area (Å²) in [4.78, 5) is 25.2. The van der Waals surface area contributed by atoms with Crippen LogP contribution in [0, 0.1) is 0 Å². The van der Waals surface area contributed by atoms with Crippen molar-refractivity contribution < 1.29 is 9.59 Å². The second-order valence-corrected chi connectivity index (χ2v) is 5.61. The van der Waals surface area contributed by atoms with Crippen molar-refractivity contribution >= 4 is 23.6 Å². The van der Waals surface area contributed by atoms with Gasteiger partial charge in [0.25, 0.3) is 11.8 Å². The molecular weight excluding hydrogens is 324 g/mol. The van der Waals surface area contributed by atoms with Crippen molar-refractivity contribution in [2.24, 2.45) is 0 Å². The number of para-hydroxylation sites is 1. The summed E-state index contributed by atoms with van der Waals surface area (Å²) >= 11 is 0. The number of hydrogen-bond acceptors (Lipinski definition) is 2. The van der Waals surface area contributed by atoms with E-state index in [1.54, 1.807) is 42.5 Å². The van der Waals surface area contributed by atoms with Gasteiger partial charge in [-0.05, 0) is 35.9 Å². The molecular formula is C22H18N2O2. The van der Waals surface area contributed by atoms with E-state index in [9.17, 15) is 9.59 Å². The predicted octanol–water partition coefficient (Wildman–Crippen LogP) is 4.10. The van der Waals surface area contributed by atoms with Crippen LogP contribution in [0.2, 0.25) is 0 Å². The second-order valence-electron chi connectivity index (χ2n) is 5.61. The van der Waals surface area contributed by atoms with Crippen molar-refractivity contribution in [3.63, 3.8) is 0 Å². The Kier molecular flexibility index (Phi) is 5.58. The molecule has 2 amide bonds. The molecule has 3 rings (SSSR count). The maximum absolute atomic E-state index is 12.7. The molecule has 0 aliphatic rings. The van der Waals surface area contributed by atoms with E-state index in [4.69, 9.17) is 0 Å². The maximum atomic E-state index is 12.7. The summed E-state index contributed by atoms with van der Waals surface area (Å²) in [7, 11) is 0. The van der Waals surface area contributed by atoms with Crippen molar-refractivity contribution in [1.29, 1.82) is 0 Å². The summed E-state index contributed by atoms with van der Waals surface area (Å²) in [5.74, 6) is -0.722. The molecule has 4 heteroatoms. The molecule has 0 aromatic heterocycles. The number of amides is 2. The van der Waals surface area contributed by atoms with Gasteiger partial charge in [0, 0.05) is 11.3 Å². The first-order valence-electron chi connectivity index (χ1n) is 8.22. The molecule has 0 aliphatic carbocycles. The van der Waals surface area contributed by atoms with Crippen LogP contribution in [0.5, 0.6) is 0 Å². The minimum absolute atomic E-state index is 0.175. The third-order valence-electron chi connectivity index (χ3n) is 3.67. The van der Waals surface area contributed by atoms with Gasteiger partial charge in [0.2, 0.25) is 0 Å². The van der Waals surface area contributed by atoms with Crippen LogP contribution < -0.4 is 10.6 Å². The van der Waals surface area contributed by atoms with Gasteiger partial charge in [-0.2, -0.15) is 0 Å². The fourth-order valence-corrected chi connectivity index (χ4v) is 2.38. The van der Waals surface area contributed by atoms with Gasteiger partial charge >= 0.3 is 0 Å². The number of anilines is 1. The van der Waals surface area contributed by atoms with Gasteiger partial charge in [0.15, 0.2) is 0 Å². The molecule has 0 spiro atoms. The van der Waals surface area contributed by atoms with Gasteiger partial charge in [-0.15, -0.1) is 0 Å². The van der Waals surface area contributed by atoms with Gasteiger partial charge in [-0.25, -0.2) is 0 Å². The zero-order chi connectivity index (χ0) is 18.2. The largest absolute Gasteiger partial charge is 0.321 e. The Labute approximate surface area is 152 Å². The highest BCUT2D eigenvalue weighted by molar-refractivity contribution is 6.10. The van der Waals surface area contributed by atoms with Gasteiger partial charge in [0.05, 0.1) is 0 Å². The van der Waals surface area contributed by atoms with E-state index in [1.807, 2.05) is 54.6 Å². The average Bonchev–Trinajstić information content (AvgIpc) is 2.69. The van der Waals surface area contributed by atoms with E-state index < -0.39 is 0 Å². The van der Waals surface area contributed by atoms with Crippen LogP contribution in [0.15, 0.2) is 96.7 Å². The predicted molar refractivity (Wildman–Crippen MR) is 103 cm³/mol. The van der Waals surface area contributed by atoms with Crippen molar-refractivity contribution in [3.05, 3.63) is 108 Å². The summed E-state index contributed by atoms with van der Waals surface area (Å²) < 4.78 is 0. The van der Waals surface area contributed by atoms with Crippen LogP contribution in [0.1, 0.15) is 15.9 Å². The highest BCUT2D eigenvalue weighted by atomic mass is 16.2. The molecule has 0 unspecified atom stereocenters. The summed E-state index contributed by atoms with van der Waals surface area (Å²) in [6, 6.07) is 27.3. The lowest BCUT2D eigenvalue weighted by Gasteiger charge is -2.11. The quantitative estimate of drug-likeness (QED) is 0.686. The van der Waals surface area contributed by atoms with E-state index in [-0.39, 0.29) is 17.5 Å². The fraction of sp³-hybridized carbons (Fsp3) is 0. The Bertz CT molecular complexity index is 905. The van der Waals surface area contributed by atoms with Crippen LogP contribution in [-0.2, 0) is 4.79 Å². The van der Waals surface area contributed by atoms with Crippen LogP contribution in [-0.4, -0.2) is 11.8 Å². The molecule has 0 fully saturated rings. The molecule has 0 radical (unpaired) electrons. The SMILES string of the molecule is O=C(Nc1ccccc1)/C(=C\c1ccccc1)NC(=O)c1ccccc1. The van der Waals surface area contributed by atoms with Crippen molar-refractivity contribution in [3.8, 4) is 0 Å². The second kappa shape index (κ2) is 8.44. The first-order valence-corrected chi connectivity index (χ1v) is 8.22. The van der Waals surface area contributed by atoms with E-state index in [0.29, 0.717) is 11.3 Å². The first-order chi connectivity index (χ1) is 12.7. The van der Waals surface area contributed by atoms with E-state index >= 15 is 0 Å². The van der Waals surface area contributed by atoms with Gasteiger partial charge in [0.1, 0.15) is 5.70 Å². The average molecular weight is 342 g/mol. The molecule has 2 N–H and O–H groups in total. The topological polar surface area (TPSA) is 58.2 Å². The van der Waals surface area contributed by atoms with Gasteiger partial charge in [-0.3, -0.25) is 9.59 Å². The number of carbonyl (C=O) groups is 2. The maximum Gasteiger partial charge on any atom is 0.272 e. The van der Waals surface area contributed by atoms with Crippen molar-refractivity contribution in [2.45, 2.75) is 0 Å². The van der Waals surface area contributed by atoms with Crippen molar-refractivity contribution in [2.75, 3.05) is 5.32 Å². The molecule has 0 aliphatic heterocycles. The summed E-state index contributed by atoms with van der Waals surface area (Å²) in [5.41, 5.74) is 2.14. The minimum atomic E-state index is -0.385. The molecule has 0 bridgehead atoms. The molecule has 4 nitrogen and oxygen atoms in total. The molecule has 3 aromatic rings. The van der Waals surface area contributed by atoms with E-state index in [1.165, 1.54) is 0 Å². The molecule has 26 heavy (non-hydrogen) atoms. The Morgan fingerprint density at radius 2 is 1.23 bits per heavy atom. The summed E-state index contributed by atoms with van der Waals surface area (Å²) in [5, 5.41) is 5.51. The summed E-state index contributed by atoms with van der Waals surface area (Å²) in [6.07, 6.45) is 1.65. The first kappa shape index (κ1) is 17.2. The number of hydrogen-bond donors (Lipinski definition) is 2.